The minimum Gasteiger partial charge on any atom is -0.359 e. The molecule has 1 amide bonds. The number of carbonyl (C=O) groups excluding carboxylic acids is 2. The van der Waals surface area contributed by atoms with Crippen molar-refractivity contribution < 1.29 is 9.59 Å². The van der Waals surface area contributed by atoms with Gasteiger partial charge in [-0.05, 0) is 56.1 Å². The molecule has 1 aliphatic heterocycles. The molecule has 2 aromatic rings. The van der Waals surface area contributed by atoms with E-state index in [4.69, 9.17) is 5.26 Å². The van der Waals surface area contributed by atoms with Crippen molar-refractivity contribution in [3.05, 3.63) is 59.9 Å². The number of amides is 1. The van der Waals surface area contributed by atoms with Gasteiger partial charge in [-0.1, -0.05) is 52.8 Å². The molecule has 1 aliphatic rings. The second kappa shape index (κ2) is 19.8. The van der Waals surface area contributed by atoms with Gasteiger partial charge in [0.1, 0.15) is 12.3 Å². The van der Waals surface area contributed by atoms with E-state index >= 15 is 0 Å². The van der Waals surface area contributed by atoms with Gasteiger partial charge < -0.3 is 24.8 Å². The maximum absolute atomic E-state index is 13.0. The van der Waals surface area contributed by atoms with Gasteiger partial charge in [-0.15, -0.1) is 11.6 Å². The van der Waals surface area contributed by atoms with Crippen molar-refractivity contribution in [2.24, 2.45) is 0 Å². The van der Waals surface area contributed by atoms with E-state index in [0.717, 1.165) is 43.5 Å². The highest BCUT2D eigenvalue weighted by Crippen LogP contribution is 2.29. The molecule has 40 heavy (non-hydrogen) atoms. The summed E-state index contributed by atoms with van der Waals surface area (Å²) in [6.07, 6.45) is 9.58. The maximum Gasteiger partial charge on any atom is 0.247 e. The number of benzene rings is 1. The van der Waals surface area contributed by atoms with Crippen molar-refractivity contribution in [1.29, 1.82) is 5.26 Å². The number of nitrogens with zero attached hydrogens (tertiary/aromatic N) is 5. The number of likely N-dealkylation sites (tertiary alicyclic amines) is 1. The molecule has 222 valence electrons. The minimum absolute atomic E-state index is 0.0211. The summed E-state index contributed by atoms with van der Waals surface area (Å²) in [4.78, 5) is 32.9. The first-order valence-corrected chi connectivity index (χ1v) is 14.5. The predicted molar refractivity (Wildman–Crippen MR) is 167 cm³/mol. The highest BCUT2D eigenvalue weighted by Gasteiger charge is 2.26. The lowest BCUT2D eigenvalue weighted by atomic mass is 9.87. The van der Waals surface area contributed by atoms with Gasteiger partial charge in [0.15, 0.2) is 6.19 Å². The Morgan fingerprint density at radius 2 is 1.82 bits per heavy atom. The average Bonchev–Trinajstić information content (AvgIpc) is 3.44. The topological polar surface area (TPSA) is 92.6 Å². The second-order valence-corrected chi connectivity index (χ2v) is 10.3. The van der Waals surface area contributed by atoms with E-state index in [0.29, 0.717) is 6.54 Å². The molecule has 2 unspecified atom stereocenters. The Bertz CT molecular complexity index is 1000. The van der Waals surface area contributed by atoms with Crippen LogP contribution in [0.15, 0.2) is 48.8 Å². The van der Waals surface area contributed by atoms with Crippen LogP contribution >= 0.6 is 11.6 Å². The molecule has 1 aromatic heterocycles. The number of nitriles is 1. The van der Waals surface area contributed by atoms with Gasteiger partial charge in [0.2, 0.25) is 5.91 Å². The summed E-state index contributed by atoms with van der Waals surface area (Å²) in [5, 5.41) is 11.4. The van der Waals surface area contributed by atoms with Crippen LogP contribution in [0.3, 0.4) is 0 Å². The van der Waals surface area contributed by atoms with E-state index in [1.807, 2.05) is 63.1 Å². The third-order valence-electron chi connectivity index (χ3n) is 6.22. The van der Waals surface area contributed by atoms with Gasteiger partial charge in [-0.2, -0.15) is 5.26 Å². The monoisotopic (exact) mass is 572 g/mol. The molecule has 0 spiro atoms. The molecular formula is C31H49ClN6O2. The normalized spacial score (nSPS) is 14.7. The van der Waals surface area contributed by atoms with Crippen LogP contribution in [0.2, 0.25) is 0 Å². The average molecular weight is 573 g/mol. The number of rotatable bonds is 8. The number of hydrogen-bond acceptors (Lipinski definition) is 7. The number of hydrogen-bond donors (Lipinski definition) is 1. The molecule has 0 radical (unpaired) electrons. The van der Waals surface area contributed by atoms with Crippen LogP contribution in [-0.2, 0) is 15.0 Å². The van der Waals surface area contributed by atoms with E-state index in [-0.39, 0.29) is 17.4 Å². The Labute approximate surface area is 247 Å². The molecule has 0 aliphatic carbocycles. The molecule has 8 nitrogen and oxygen atoms in total. The third kappa shape index (κ3) is 12.4. The van der Waals surface area contributed by atoms with Gasteiger partial charge in [0, 0.05) is 56.7 Å². The largest absolute Gasteiger partial charge is 0.359 e. The lowest BCUT2D eigenvalue weighted by Crippen LogP contribution is -2.41. The van der Waals surface area contributed by atoms with Crippen LogP contribution in [0.4, 0.5) is 5.69 Å². The van der Waals surface area contributed by atoms with Gasteiger partial charge >= 0.3 is 0 Å². The Morgan fingerprint density at radius 3 is 2.27 bits per heavy atom. The van der Waals surface area contributed by atoms with Crippen molar-refractivity contribution in [3.63, 3.8) is 0 Å². The van der Waals surface area contributed by atoms with Crippen LogP contribution in [0.5, 0.6) is 0 Å². The fraction of sp³-hybridized carbons (Fsp3) is 0.548. The van der Waals surface area contributed by atoms with Crippen LogP contribution in [0.1, 0.15) is 64.6 Å². The highest BCUT2D eigenvalue weighted by molar-refractivity contribution is 6.15. The number of alkyl halides is 1. The Hall–Kier alpha value is -3.15. The standard InChI is InChI=1S/C22H32N4O.C6H8N2O.C2H6.CH3Cl/c1-22(2,3)18-9-11-19(12-10-18)26(6)20(17-8-7-13-23-16-17)21(27)24-14-15-25(4)5;7-5-8-3-1-2-6(8)4-9;2*1-2/h7-13,16,20H,14-15H2,1-6H3,(H,24,27);4,6H,1-3H2;1-2H3;1H3. The fourth-order valence-electron chi connectivity index (χ4n) is 3.99. The number of pyridine rings is 1. The van der Waals surface area contributed by atoms with Crippen LogP contribution < -0.4 is 10.2 Å². The molecule has 1 fully saturated rings. The van der Waals surface area contributed by atoms with Crippen molar-refractivity contribution in [2.75, 3.05) is 52.1 Å². The van der Waals surface area contributed by atoms with Crippen LogP contribution in [0, 0.1) is 11.5 Å². The molecule has 1 N–H and O–H groups in total. The first kappa shape index (κ1) is 36.8. The van der Waals surface area contributed by atoms with Crippen molar-refractivity contribution in [3.8, 4) is 6.19 Å². The summed E-state index contributed by atoms with van der Waals surface area (Å²) in [7, 11) is 5.94. The lowest BCUT2D eigenvalue weighted by Gasteiger charge is -2.30. The Morgan fingerprint density at radius 1 is 1.20 bits per heavy atom. The smallest absolute Gasteiger partial charge is 0.247 e. The third-order valence-corrected chi connectivity index (χ3v) is 6.22. The maximum atomic E-state index is 13.0. The summed E-state index contributed by atoms with van der Waals surface area (Å²) in [5.41, 5.74) is 3.25. The van der Waals surface area contributed by atoms with Crippen LogP contribution in [0.25, 0.3) is 0 Å². The Balaban J connectivity index is 0.000000974. The minimum atomic E-state index is -0.429. The molecule has 0 saturated carbocycles. The van der Waals surface area contributed by atoms with Crippen molar-refractivity contribution >= 4 is 29.5 Å². The summed E-state index contributed by atoms with van der Waals surface area (Å²) < 4.78 is 0. The van der Waals surface area contributed by atoms with E-state index in [9.17, 15) is 9.59 Å². The summed E-state index contributed by atoms with van der Waals surface area (Å²) in [6, 6.07) is 11.7. The van der Waals surface area contributed by atoms with Crippen LogP contribution in [-0.4, -0.2) is 80.2 Å². The number of carbonyl (C=O) groups is 2. The first-order valence-electron chi connectivity index (χ1n) is 13.7. The van der Waals surface area contributed by atoms with E-state index in [1.54, 1.807) is 12.4 Å². The van der Waals surface area contributed by atoms with Gasteiger partial charge in [-0.25, -0.2) is 0 Å². The zero-order valence-electron chi connectivity index (χ0n) is 25.8. The number of aldehydes is 1. The van der Waals surface area contributed by atoms with Gasteiger partial charge in [-0.3, -0.25) is 9.78 Å². The number of anilines is 1. The molecule has 0 bridgehead atoms. The first-order chi connectivity index (χ1) is 19.1. The molecule has 2 heterocycles. The fourth-order valence-corrected chi connectivity index (χ4v) is 3.99. The summed E-state index contributed by atoms with van der Waals surface area (Å²) in [6.45, 7) is 12.8. The molecule has 1 saturated heterocycles. The van der Waals surface area contributed by atoms with Crippen molar-refractivity contribution in [1.82, 2.24) is 20.1 Å². The lowest BCUT2D eigenvalue weighted by molar-refractivity contribution is -0.122. The molecule has 9 heteroatoms. The molecule has 2 atom stereocenters. The Kier molecular flexibility index (Phi) is 18.3. The molecule has 3 rings (SSSR count). The molecule has 1 aromatic carbocycles. The summed E-state index contributed by atoms with van der Waals surface area (Å²) >= 11 is 4.64. The number of halogens is 1. The SMILES string of the molecule is CC.CCl.CN(C)CCNC(=O)C(c1cccnc1)N(C)c1ccc(C(C)(C)C)cc1.N#CN1CCCC1C=O. The quantitative estimate of drug-likeness (QED) is 0.262. The number of nitrogens with one attached hydrogen (secondary N) is 1. The van der Waals surface area contributed by atoms with Gasteiger partial charge in [0.05, 0.1) is 6.04 Å². The number of likely N-dealkylation sites (N-methyl/N-ethyl adjacent to an activating group) is 2. The van der Waals surface area contributed by atoms with E-state index in [1.165, 1.54) is 16.8 Å². The van der Waals surface area contributed by atoms with E-state index in [2.05, 4.69) is 66.9 Å². The van der Waals surface area contributed by atoms with Gasteiger partial charge in [0.25, 0.3) is 0 Å². The zero-order valence-corrected chi connectivity index (χ0v) is 26.6. The van der Waals surface area contributed by atoms with E-state index < -0.39 is 6.04 Å². The highest BCUT2D eigenvalue weighted by atomic mass is 35.5. The number of aromatic nitrogens is 1. The zero-order chi connectivity index (χ0) is 30.7. The predicted octanol–water partition coefficient (Wildman–Crippen LogP) is 5.25. The second-order valence-electron chi connectivity index (χ2n) is 10.3. The molecular weight excluding hydrogens is 524 g/mol. The van der Waals surface area contributed by atoms with Crippen molar-refractivity contribution in [2.45, 2.75) is 65.0 Å². The summed E-state index contributed by atoms with van der Waals surface area (Å²) in [5.74, 6) is -0.0211.